The summed E-state index contributed by atoms with van der Waals surface area (Å²) in [4.78, 5) is 18.8. The number of carbonyl (C=O) groups is 1. The maximum absolute atomic E-state index is 13.0. The largest absolute Gasteiger partial charge is 0.480 e. The molecule has 0 atom stereocenters. The van der Waals surface area contributed by atoms with Crippen molar-refractivity contribution in [3.05, 3.63) is 83.9 Å². The first-order chi connectivity index (χ1) is 11.8. The maximum atomic E-state index is 13.0. The van der Waals surface area contributed by atoms with E-state index in [9.17, 15) is 4.79 Å². The van der Waals surface area contributed by atoms with E-state index in [1.165, 1.54) is 7.11 Å². The number of nitrogens with zero attached hydrogens (tertiary/aromatic N) is 2. The number of rotatable bonds is 6. The summed E-state index contributed by atoms with van der Waals surface area (Å²) in [5.41, 5.74) is 1.47. The number of furan rings is 1. The Bertz CT molecular complexity index is 785. The number of ether oxygens (including phenoxy) is 1. The molecule has 0 fully saturated rings. The van der Waals surface area contributed by atoms with E-state index in [4.69, 9.17) is 9.15 Å². The molecule has 2 heterocycles. The van der Waals surface area contributed by atoms with Crippen LogP contribution in [0.25, 0.3) is 0 Å². The lowest BCUT2D eigenvalue weighted by molar-refractivity contribution is 0.0713. The molecule has 122 valence electrons. The fourth-order valence-corrected chi connectivity index (χ4v) is 2.48. The average molecular weight is 322 g/mol. The first-order valence-electron chi connectivity index (χ1n) is 7.62. The first kappa shape index (κ1) is 15.8. The van der Waals surface area contributed by atoms with E-state index in [1.807, 2.05) is 42.5 Å². The summed E-state index contributed by atoms with van der Waals surface area (Å²) in [5.74, 6) is 0.891. The van der Waals surface area contributed by atoms with Crippen molar-refractivity contribution in [3.8, 4) is 5.88 Å². The van der Waals surface area contributed by atoms with E-state index < -0.39 is 0 Å². The van der Waals surface area contributed by atoms with Crippen LogP contribution in [0.3, 0.4) is 0 Å². The van der Waals surface area contributed by atoms with E-state index in [0.717, 1.165) is 11.3 Å². The SMILES string of the molecule is COc1ncccc1C(=O)N(Cc1ccccc1)Cc1ccco1. The molecule has 0 radical (unpaired) electrons. The molecule has 3 rings (SSSR count). The highest BCUT2D eigenvalue weighted by Gasteiger charge is 2.21. The van der Waals surface area contributed by atoms with Gasteiger partial charge < -0.3 is 14.1 Å². The molecule has 0 bridgehead atoms. The fourth-order valence-electron chi connectivity index (χ4n) is 2.48. The molecule has 5 heteroatoms. The van der Waals surface area contributed by atoms with Crippen LogP contribution in [0.5, 0.6) is 5.88 Å². The molecule has 0 aliphatic carbocycles. The van der Waals surface area contributed by atoms with Crippen LogP contribution in [0.2, 0.25) is 0 Å². The van der Waals surface area contributed by atoms with Gasteiger partial charge in [0, 0.05) is 12.7 Å². The minimum atomic E-state index is -0.153. The zero-order valence-corrected chi connectivity index (χ0v) is 13.4. The lowest BCUT2D eigenvalue weighted by Crippen LogP contribution is -2.30. The number of amides is 1. The minimum Gasteiger partial charge on any atom is -0.480 e. The van der Waals surface area contributed by atoms with Crippen molar-refractivity contribution in [3.63, 3.8) is 0 Å². The minimum absolute atomic E-state index is 0.153. The third kappa shape index (κ3) is 3.63. The van der Waals surface area contributed by atoms with Crippen molar-refractivity contribution in [1.29, 1.82) is 0 Å². The molecule has 5 nitrogen and oxygen atoms in total. The van der Waals surface area contributed by atoms with E-state index in [-0.39, 0.29) is 5.91 Å². The molecule has 0 N–H and O–H groups in total. The highest BCUT2D eigenvalue weighted by atomic mass is 16.5. The Morgan fingerprint density at radius 2 is 1.92 bits per heavy atom. The van der Waals surface area contributed by atoms with Crippen LogP contribution in [0.1, 0.15) is 21.7 Å². The van der Waals surface area contributed by atoms with Gasteiger partial charge in [-0.05, 0) is 29.8 Å². The predicted octanol–water partition coefficient (Wildman–Crippen LogP) is 3.53. The summed E-state index contributed by atoms with van der Waals surface area (Å²) in [5, 5.41) is 0. The summed E-state index contributed by atoms with van der Waals surface area (Å²) in [7, 11) is 1.51. The molecule has 0 aliphatic heterocycles. The van der Waals surface area contributed by atoms with Crippen LogP contribution < -0.4 is 4.74 Å². The quantitative estimate of drug-likeness (QED) is 0.697. The Morgan fingerprint density at radius 3 is 2.62 bits per heavy atom. The Labute approximate surface area is 140 Å². The average Bonchev–Trinajstić information content (AvgIpc) is 3.14. The third-order valence-electron chi connectivity index (χ3n) is 3.63. The molecule has 0 saturated heterocycles. The van der Waals surface area contributed by atoms with Crippen molar-refractivity contribution >= 4 is 5.91 Å². The van der Waals surface area contributed by atoms with Crippen LogP contribution in [0, 0.1) is 0 Å². The second kappa shape index (κ2) is 7.46. The Balaban J connectivity index is 1.89. The monoisotopic (exact) mass is 322 g/mol. The predicted molar refractivity (Wildman–Crippen MR) is 89.5 cm³/mol. The topological polar surface area (TPSA) is 55.6 Å². The van der Waals surface area contributed by atoms with Gasteiger partial charge in [0.15, 0.2) is 0 Å². The molecule has 0 spiro atoms. The number of carbonyl (C=O) groups excluding carboxylic acids is 1. The third-order valence-corrected chi connectivity index (χ3v) is 3.63. The molecular formula is C19H18N2O3. The fraction of sp³-hybridized carbons (Fsp3) is 0.158. The lowest BCUT2D eigenvalue weighted by Gasteiger charge is -2.22. The van der Waals surface area contributed by atoms with Crippen molar-refractivity contribution in [2.75, 3.05) is 7.11 Å². The summed E-state index contributed by atoms with van der Waals surface area (Å²) in [6.45, 7) is 0.844. The zero-order valence-electron chi connectivity index (χ0n) is 13.4. The van der Waals surface area contributed by atoms with Crippen molar-refractivity contribution in [1.82, 2.24) is 9.88 Å². The maximum Gasteiger partial charge on any atom is 0.260 e. The first-order valence-corrected chi connectivity index (χ1v) is 7.62. The standard InChI is InChI=1S/C19H18N2O3/c1-23-18-17(10-5-11-20-18)19(22)21(14-16-9-6-12-24-16)13-15-7-3-2-4-8-15/h2-12H,13-14H2,1H3. The Hall–Kier alpha value is -3.08. The molecule has 24 heavy (non-hydrogen) atoms. The van der Waals surface area contributed by atoms with E-state index >= 15 is 0 Å². The number of hydrogen-bond donors (Lipinski definition) is 0. The van der Waals surface area contributed by atoms with Crippen molar-refractivity contribution in [2.45, 2.75) is 13.1 Å². The smallest absolute Gasteiger partial charge is 0.260 e. The van der Waals surface area contributed by atoms with Crippen LogP contribution in [0.4, 0.5) is 0 Å². The second-order valence-electron chi connectivity index (χ2n) is 5.29. The van der Waals surface area contributed by atoms with Gasteiger partial charge >= 0.3 is 0 Å². The molecule has 0 aliphatic rings. The number of aromatic nitrogens is 1. The number of benzene rings is 1. The van der Waals surface area contributed by atoms with E-state index in [1.54, 1.807) is 29.5 Å². The number of pyridine rings is 1. The highest BCUT2D eigenvalue weighted by Crippen LogP contribution is 2.20. The molecular weight excluding hydrogens is 304 g/mol. The molecule has 0 saturated carbocycles. The van der Waals surface area contributed by atoms with Gasteiger partial charge in [0.25, 0.3) is 5.91 Å². The normalized spacial score (nSPS) is 10.4. The van der Waals surface area contributed by atoms with Gasteiger partial charge in [-0.3, -0.25) is 4.79 Å². The number of methoxy groups -OCH3 is 1. The molecule has 2 aromatic heterocycles. The molecule has 1 aromatic carbocycles. The summed E-state index contributed by atoms with van der Waals surface area (Å²) in [6.07, 6.45) is 3.20. The van der Waals surface area contributed by atoms with Gasteiger partial charge in [-0.15, -0.1) is 0 Å². The van der Waals surface area contributed by atoms with Crippen LogP contribution in [-0.4, -0.2) is 22.9 Å². The van der Waals surface area contributed by atoms with Crippen molar-refractivity contribution < 1.29 is 13.9 Å². The van der Waals surface area contributed by atoms with Gasteiger partial charge in [-0.2, -0.15) is 0 Å². The zero-order chi connectivity index (χ0) is 16.8. The lowest BCUT2D eigenvalue weighted by atomic mass is 10.1. The number of hydrogen-bond acceptors (Lipinski definition) is 4. The molecule has 0 unspecified atom stereocenters. The van der Waals surface area contributed by atoms with Crippen LogP contribution in [-0.2, 0) is 13.1 Å². The van der Waals surface area contributed by atoms with Crippen molar-refractivity contribution in [2.24, 2.45) is 0 Å². The van der Waals surface area contributed by atoms with Gasteiger partial charge in [0.05, 0.1) is 19.9 Å². The molecule has 3 aromatic rings. The van der Waals surface area contributed by atoms with Gasteiger partial charge in [0.2, 0.25) is 5.88 Å². The van der Waals surface area contributed by atoms with Gasteiger partial charge in [0.1, 0.15) is 11.3 Å². The van der Waals surface area contributed by atoms with E-state index in [2.05, 4.69) is 4.98 Å². The van der Waals surface area contributed by atoms with Crippen LogP contribution in [0.15, 0.2) is 71.5 Å². The summed E-state index contributed by atoms with van der Waals surface area (Å²) < 4.78 is 10.6. The summed E-state index contributed by atoms with van der Waals surface area (Å²) in [6, 6.07) is 16.9. The Morgan fingerprint density at radius 1 is 1.08 bits per heavy atom. The van der Waals surface area contributed by atoms with Gasteiger partial charge in [-0.25, -0.2) is 4.98 Å². The van der Waals surface area contributed by atoms with Crippen LogP contribution >= 0.6 is 0 Å². The second-order valence-corrected chi connectivity index (χ2v) is 5.29. The Kier molecular flexibility index (Phi) is 4.91. The highest BCUT2D eigenvalue weighted by molar-refractivity contribution is 5.96. The van der Waals surface area contributed by atoms with E-state index in [0.29, 0.717) is 24.5 Å². The summed E-state index contributed by atoms with van der Waals surface area (Å²) >= 11 is 0. The molecule has 1 amide bonds. The van der Waals surface area contributed by atoms with Gasteiger partial charge in [-0.1, -0.05) is 30.3 Å².